The van der Waals surface area contributed by atoms with Crippen LogP contribution >= 0.6 is 0 Å². The fraction of sp³-hybridized carbons (Fsp3) is 0.562. The molecule has 0 aliphatic carbocycles. The second kappa shape index (κ2) is 6.87. The summed E-state index contributed by atoms with van der Waals surface area (Å²) in [6.45, 7) is 5.14. The van der Waals surface area contributed by atoms with Gasteiger partial charge in [0.15, 0.2) is 5.52 Å². The summed E-state index contributed by atoms with van der Waals surface area (Å²) in [5, 5.41) is 18.6. The van der Waals surface area contributed by atoms with Gasteiger partial charge in [-0.25, -0.2) is 4.63 Å². The van der Waals surface area contributed by atoms with Gasteiger partial charge in [-0.1, -0.05) is 0 Å². The molecule has 0 atom stereocenters. The zero-order valence-electron chi connectivity index (χ0n) is 14.3. The fourth-order valence-corrected chi connectivity index (χ4v) is 3.65. The van der Waals surface area contributed by atoms with Crippen molar-refractivity contribution in [1.82, 2.24) is 20.1 Å². The number of hydrogen-bond acceptors (Lipinski definition) is 8. The summed E-state index contributed by atoms with van der Waals surface area (Å²) >= 11 is 0. The van der Waals surface area contributed by atoms with Gasteiger partial charge in [0.1, 0.15) is 0 Å². The van der Waals surface area contributed by atoms with Crippen LogP contribution in [0.2, 0.25) is 0 Å². The number of non-ortho nitro benzene ring substituents is 1. The van der Waals surface area contributed by atoms with E-state index in [0.717, 1.165) is 44.7 Å². The van der Waals surface area contributed by atoms with Gasteiger partial charge in [0.05, 0.1) is 17.2 Å². The number of likely N-dealkylation sites (tertiary alicyclic amines) is 1. The topological polar surface area (TPSA) is 109 Å². The maximum absolute atomic E-state index is 12.3. The van der Waals surface area contributed by atoms with E-state index in [1.165, 1.54) is 6.07 Å². The van der Waals surface area contributed by atoms with Crippen molar-refractivity contribution in [1.29, 1.82) is 0 Å². The van der Waals surface area contributed by atoms with Gasteiger partial charge in [-0.3, -0.25) is 19.8 Å². The average molecular weight is 360 g/mol. The molecule has 0 N–H and O–H groups in total. The normalized spacial score (nSPS) is 18.6. The van der Waals surface area contributed by atoms with Crippen LogP contribution in [0, 0.1) is 10.1 Å². The third-order valence-corrected chi connectivity index (χ3v) is 5.10. The standard InChI is InChI=1S/C16H20N6O4/c23-14(21-5-1-2-6-21)11-19-7-9-20(10-8-19)12-3-4-13(22(24)25)16-15(12)17-26-18-16/h3-4H,1-2,5-11H2. The molecule has 2 aliphatic heterocycles. The molecule has 2 aliphatic rings. The van der Waals surface area contributed by atoms with Gasteiger partial charge in [-0.2, -0.15) is 0 Å². The zero-order chi connectivity index (χ0) is 18.1. The highest BCUT2D eigenvalue weighted by molar-refractivity contribution is 5.93. The zero-order valence-corrected chi connectivity index (χ0v) is 14.3. The molecular weight excluding hydrogens is 340 g/mol. The van der Waals surface area contributed by atoms with Crippen molar-refractivity contribution in [2.45, 2.75) is 12.8 Å². The van der Waals surface area contributed by atoms with Crippen LogP contribution < -0.4 is 4.90 Å². The highest BCUT2D eigenvalue weighted by Crippen LogP contribution is 2.31. The third kappa shape index (κ3) is 3.07. The first kappa shape index (κ1) is 16.7. The summed E-state index contributed by atoms with van der Waals surface area (Å²) < 4.78 is 4.73. The molecule has 0 bridgehead atoms. The fourth-order valence-electron chi connectivity index (χ4n) is 3.65. The molecule has 1 aromatic heterocycles. The SMILES string of the molecule is O=C(CN1CCN(c2ccc([N+](=O)[O-])c3nonc23)CC1)N1CCCC1. The molecule has 2 fully saturated rings. The number of nitrogens with zero attached hydrogens (tertiary/aromatic N) is 6. The van der Waals surface area contributed by atoms with E-state index in [0.29, 0.717) is 25.2 Å². The van der Waals surface area contributed by atoms with Crippen LogP contribution in [0.1, 0.15) is 12.8 Å². The third-order valence-electron chi connectivity index (χ3n) is 5.10. The lowest BCUT2D eigenvalue weighted by Gasteiger charge is -2.36. The number of piperazine rings is 1. The number of nitro benzene ring substituents is 1. The van der Waals surface area contributed by atoms with Crippen LogP contribution in [0.4, 0.5) is 11.4 Å². The summed E-state index contributed by atoms with van der Waals surface area (Å²) in [5.41, 5.74) is 1.23. The van der Waals surface area contributed by atoms with Gasteiger partial charge in [-0.05, 0) is 29.2 Å². The van der Waals surface area contributed by atoms with Crippen molar-refractivity contribution >= 4 is 28.3 Å². The van der Waals surface area contributed by atoms with E-state index < -0.39 is 4.92 Å². The number of benzene rings is 1. The van der Waals surface area contributed by atoms with Crippen molar-refractivity contribution in [2.75, 3.05) is 50.7 Å². The number of amides is 1. The largest absolute Gasteiger partial charge is 0.367 e. The minimum Gasteiger partial charge on any atom is -0.367 e. The number of carbonyl (C=O) groups excluding carboxylic acids is 1. The molecule has 0 unspecified atom stereocenters. The molecule has 138 valence electrons. The lowest BCUT2D eigenvalue weighted by molar-refractivity contribution is -0.383. The smallest absolute Gasteiger partial charge is 0.300 e. The van der Waals surface area contributed by atoms with E-state index >= 15 is 0 Å². The molecule has 10 heteroatoms. The number of rotatable bonds is 4. The van der Waals surface area contributed by atoms with Crippen molar-refractivity contribution in [2.24, 2.45) is 0 Å². The number of anilines is 1. The van der Waals surface area contributed by atoms with Gasteiger partial charge in [0.2, 0.25) is 11.4 Å². The van der Waals surface area contributed by atoms with Gasteiger partial charge in [0.25, 0.3) is 0 Å². The van der Waals surface area contributed by atoms with Crippen molar-refractivity contribution < 1.29 is 14.3 Å². The monoisotopic (exact) mass is 360 g/mol. The molecule has 3 heterocycles. The lowest BCUT2D eigenvalue weighted by Crippen LogP contribution is -2.49. The Morgan fingerprint density at radius 2 is 1.77 bits per heavy atom. The summed E-state index contributed by atoms with van der Waals surface area (Å²) in [5.74, 6) is 0.203. The lowest BCUT2D eigenvalue weighted by atomic mass is 10.2. The van der Waals surface area contributed by atoms with E-state index in [-0.39, 0.29) is 17.1 Å². The van der Waals surface area contributed by atoms with Crippen LogP contribution in [0.15, 0.2) is 16.8 Å². The molecule has 10 nitrogen and oxygen atoms in total. The number of hydrogen-bond donors (Lipinski definition) is 0. The molecular formula is C16H20N6O4. The Balaban J connectivity index is 1.43. The quantitative estimate of drug-likeness (QED) is 0.584. The number of nitro groups is 1. The van der Waals surface area contributed by atoms with Gasteiger partial charge in [-0.15, -0.1) is 0 Å². The Labute approximate surface area is 149 Å². The van der Waals surface area contributed by atoms with Crippen LogP contribution in [0.25, 0.3) is 11.0 Å². The summed E-state index contributed by atoms with van der Waals surface area (Å²) in [4.78, 5) is 29.1. The Hall–Kier alpha value is -2.75. The first-order valence-corrected chi connectivity index (χ1v) is 8.78. The van der Waals surface area contributed by atoms with Crippen molar-refractivity contribution in [3.05, 3.63) is 22.2 Å². The predicted octanol–water partition coefficient (Wildman–Crippen LogP) is 0.875. The second-order valence-corrected chi connectivity index (χ2v) is 6.67. The van der Waals surface area contributed by atoms with Gasteiger partial charge >= 0.3 is 5.69 Å². The summed E-state index contributed by atoms with van der Waals surface area (Å²) in [7, 11) is 0. The Morgan fingerprint density at radius 3 is 2.46 bits per heavy atom. The number of fused-ring (bicyclic) bond motifs is 1. The van der Waals surface area contributed by atoms with E-state index in [9.17, 15) is 14.9 Å². The first-order valence-electron chi connectivity index (χ1n) is 8.78. The van der Waals surface area contributed by atoms with E-state index in [1.54, 1.807) is 6.07 Å². The predicted molar refractivity (Wildman–Crippen MR) is 92.9 cm³/mol. The Bertz CT molecular complexity index is 823. The van der Waals surface area contributed by atoms with E-state index in [1.807, 2.05) is 4.90 Å². The Kier molecular flexibility index (Phi) is 4.41. The summed E-state index contributed by atoms with van der Waals surface area (Å²) in [6.07, 6.45) is 2.20. The van der Waals surface area contributed by atoms with Crippen LogP contribution in [-0.2, 0) is 4.79 Å². The molecule has 0 radical (unpaired) electrons. The van der Waals surface area contributed by atoms with Gasteiger partial charge < -0.3 is 9.80 Å². The van der Waals surface area contributed by atoms with Crippen LogP contribution in [0.5, 0.6) is 0 Å². The molecule has 26 heavy (non-hydrogen) atoms. The minimum absolute atomic E-state index is 0.111. The van der Waals surface area contributed by atoms with Crippen LogP contribution in [-0.4, -0.2) is 76.8 Å². The molecule has 4 rings (SSSR count). The van der Waals surface area contributed by atoms with Crippen molar-refractivity contribution in [3.8, 4) is 0 Å². The highest BCUT2D eigenvalue weighted by Gasteiger charge is 2.26. The van der Waals surface area contributed by atoms with E-state index in [4.69, 9.17) is 4.63 Å². The number of aromatic nitrogens is 2. The molecule has 1 aromatic carbocycles. The number of carbonyl (C=O) groups is 1. The first-order chi connectivity index (χ1) is 12.6. The highest BCUT2D eigenvalue weighted by atomic mass is 16.6. The van der Waals surface area contributed by atoms with Crippen LogP contribution in [0.3, 0.4) is 0 Å². The van der Waals surface area contributed by atoms with Crippen molar-refractivity contribution in [3.63, 3.8) is 0 Å². The Morgan fingerprint density at radius 1 is 1.08 bits per heavy atom. The minimum atomic E-state index is -0.488. The molecule has 1 amide bonds. The molecule has 0 saturated carbocycles. The summed E-state index contributed by atoms with van der Waals surface area (Å²) in [6, 6.07) is 3.13. The van der Waals surface area contributed by atoms with E-state index in [2.05, 4.69) is 20.1 Å². The maximum atomic E-state index is 12.3. The molecule has 0 spiro atoms. The molecule has 2 aromatic rings. The van der Waals surface area contributed by atoms with Gasteiger partial charge in [0, 0.05) is 45.3 Å². The average Bonchev–Trinajstić information content (AvgIpc) is 3.33. The second-order valence-electron chi connectivity index (χ2n) is 6.67. The maximum Gasteiger partial charge on any atom is 0.300 e. The molecule has 2 saturated heterocycles.